The van der Waals surface area contributed by atoms with Gasteiger partial charge in [-0.05, 0) is 27.2 Å². The van der Waals surface area contributed by atoms with Crippen molar-refractivity contribution in [1.29, 1.82) is 0 Å². The molecule has 0 atom stereocenters. The molecule has 1 saturated heterocycles. The maximum Gasteiger partial charge on any atom is 0.274 e. The van der Waals surface area contributed by atoms with Gasteiger partial charge in [0.2, 0.25) is 0 Å². The molecule has 7 nitrogen and oxygen atoms in total. The van der Waals surface area contributed by atoms with Crippen molar-refractivity contribution >= 4 is 5.91 Å². The van der Waals surface area contributed by atoms with E-state index in [1.54, 1.807) is 12.4 Å². The zero-order valence-corrected chi connectivity index (χ0v) is 15.2. The lowest BCUT2D eigenvalue weighted by atomic mass is 10.3. The molecule has 1 amide bonds. The van der Waals surface area contributed by atoms with Crippen molar-refractivity contribution in [2.75, 3.05) is 26.2 Å². The van der Waals surface area contributed by atoms with Gasteiger partial charge < -0.3 is 4.90 Å². The molecule has 1 fully saturated rings. The van der Waals surface area contributed by atoms with Gasteiger partial charge in [0.15, 0.2) is 0 Å². The highest BCUT2D eigenvalue weighted by molar-refractivity contribution is 5.92. The van der Waals surface area contributed by atoms with Gasteiger partial charge in [0.25, 0.3) is 5.91 Å². The van der Waals surface area contributed by atoms with Crippen molar-refractivity contribution in [3.8, 4) is 0 Å². The number of hydrogen-bond donors (Lipinski definition) is 0. The lowest BCUT2D eigenvalue weighted by Gasteiger charge is -2.21. The van der Waals surface area contributed by atoms with Crippen LogP contribution < -0.4 is 0 Å². The van der Waals surface area contributed by atoms with Crippen LogP contribution in [0.15, 0.2) is 24.8 Å². The number of nitrogens with zero attached hydrogens (tertiary/aromatic N) is 6. The quantitative estimate of drug-likeness (QED) is 0.849. The summed E-state index contributed by atoms with van der Waals surface area (Å²) >= 11 is 0. The SMILES string of the molecule is Cc1cnc(C(=O)N2CCCN(Cc3cnn(C(C)C)c3)CC2)cn1. The molecule has 3 rings (SSSR count). The number of hydrogen-bond acceptors (Lipinski definition) is 5. The average Bonchev–Trinajstić information content (AvgIpc) is 2.94. The van der Waals surface area contributed by atoms with Crippen LogP contribution in [0.25, 0.3) is 0 Å². The Kier molecular flexibility index (Phi) is 5.43. The third-order valence-electron chi connectivity index (χ3n) is 4.47. The molecule has 2 aromatic heterocycles. The van der Waals surface area contributed by atoms with Crippen LogP contribution in [-0.4, -0.2) is 61.6 Å². The summed E-state index contributed by atoms with van der Waals surface area (Å²) in [4.78, 5) is 25.3. The molecule has 7 heteroatoms. The monoisotopic (exact) mass is 342 g/mol. The Morgan fingerprint density at radius 1 is 1.12 bits per heavy atom. The number of amides is 1. The van der Waals surface area contributed by atoms with Crippen molar-refractivity contribution in [2.45, 2.75) is 39.8 Å². The maximum atomic E-state index is 12.6. The van der Waals surface area contributed by atoms with Gasteiger partial charge in [-0.1, -0.05) is 0 Å². The molecule has 0 radical (unpaired) electrons. The van der Waals surface area contributed by atoms with E-state index in [0.29, 0.717) is 18.3 Å². The second kappa shape index (κ2) is 7.74. The van der Waals surface area contributed by atoms with E-state index in [0.717, 1.165) is 38.3 Å². The molecule has 0 bridgehead atoms. The van der Waals surface area contributed by atoms with Gasteiger partial charge in [-0.25, -0.2) is 4.98 Å². The molecule has 0 spiro atoms. The molecule has 0 unspecified atom stereocenters. The Balaban J connectivity index is 1.58. The molecule has 0 N–H and O–H groups in total. The van der Waals surface area contributed by atoms with E-state index in [-0.39, 0.29) is 5.91 Å². The second-order valence-electron chi connectivity index (χ2n) is 6.89. The first-order valence-electron chi connectivity index (χ1n) is 8.86. The number of aryl methyl sites for hydroxylation is 1. The van der Waals surface area contributed by atoms with E-state index >= 15 is 0 Å². The van der Waals surface area contributed by atoms with Gasteiger partial charge in [0.05, 0.1) is 18.1 Å². The maximum absolute atomic E-state index is 12.6. The number of rotatable bonds is 4. The van der Waals surface area contributed by atoms with Crippen molar-refractivity contribution in [2.24, 2.45) is 0 Å². The highest BCUT2D eigenvalue weighted by Crippen LogP contribution is 2.12. The topological polar surface area (TPSA) is 67.2 Å². The summed E-state index contributed by atoms with van der Waals surface area (Å²) in [6.07, 6.45) is 8.23. The Hall–Kier alpha value is -2.28. The summed E-state index contributed by atoms with van der Waals surface area (Å²) in [6, 6.07) is 0.376. The minimum atomic E-state index is -0.0259. The minimum Gasteiger partial charge on any atom is -0.336 e. The van der Waals surface area contributed by atoms with Crippen LogP contribution in [-0.2, 0) is 6.54 Å². The predicted octanol–water partition coefficient (Wildman–Crippen LogP) is 1.91. The summed E-state index contributed by atoms with van der Waals surface area (Å²) in [5.41, 5.74) is 2.47. The van der Waals surface area contributed by atoms with E-state index in [9.17, 15) is 4.79 Å². The van der Waals surface area contributed by atoms with Crippen LogP contribution in [0.4, 0.5) is 0 Å². The van der Waals surface area contributed by atoms with Gasteiger partial charge in [-0.2, -0.15) is 5.10 Å². The van der Waals surface area contributed by atoms with E-state index in [4.69, 9.17) is 0 Å². The zero-order chi connectivity index (χ0) is 17.8. The lowest BCUT2D eigenvalue weighted by molar-refractivity contribution is 0.0754. The fourth-order valence-electron chi connectivity index (χ4n) is 3.00. The van der Waals surface area contributed by atoms with Crippen LogP contribution in [0.1, 0.15) is 48.1 Å². The third kappa shape index (κ3) is 4.42. The molecule has 134 valence electrons. The predicted molar refractivity (Wildman–Crippen MR) is 95.2 cm³/mol. The summed E-state index contributed by atoms with van der Waals surface area (Å²) in [6.45, 7) is 10.3. The van der Waals surface area contributed by atoms with Crippen LogP contribution in [0.3, 0.4) is 0 Å². The molecule has 1 aliphatic heterocycles. The minimum absolute atomic E-state index is 0.0259. The Morgan fingerprint density at radius 3 is 2.64 bits per heavy atom. The first-order valence-corrected chi connectivity index (χ1v) is 8.86. The summed E-state index contributed by atoms with van der Waals surface area (Å²) in [5, 5.41) is 4.40. The number of carbonyl (C=O) groups is 1. The first kappa shape index (κ1) is 17.5. The molecule has 0 aromatic carbocycles. The van der Waals surface area contributed by atoms with Crippen LogP contribution >= 0.6 is 0 Å². The summed E-state index contributed by atoms with van der Waals surface area (Å²) in [5.74, 6) is -0.0259. The van der Waals surface area contributed by atoms with Gasteiger partial charge in [-0.3, -0.25) is 19.4 Å². The van der Waals surface area contributed by atoms with Gasteiger partial charge in [-0.15, -0.1) is 0 Å². The molecule has 2 aromatic rings. The van der Waals surface area contributed by atoms with E-state index < -0.39 is 0 Å². The lowest BCUT2D eigenvalue weighted by Crippen LogP contribution is -2.35. The van der Waals surface area contributed by atoms with E-state index in [2.05, 4.69) is 40.0 Å². The van der Waals surface area contributed by atoms with Gasteiger partial charge in [0, 0.05) is 56.7 Å². The molecular weight excluding hydrogens is 316 g/mol. The largest absolute Gasteiger partial charge is 0.336 e. The van der Waals surface area contributed by atoms with Crippen molar-refractivity contribution in [1.82, 2.24) is 29.5 Å². The molecular formula is C18H26N6O. The first-order chi connectivity index (χ1) is 12.0. The fraction of sp³-hybridized carbons (Fsp3) is 0.556. The Morgan fingerprint density at radius 2 is 1.96 bits per heavy atom. The molecule has 25 heavy (non-hydrogen) atoms. The third-order valence-corrected chi connectivity index (χ3v) is 4.47. The smallest absolute Gasteiger partial charge is 0.274 e. The normalized spacial score (nSPS) is 16.2. The van der Waals surface area contributed by atoms with E-state index in [1.807, 2.05) is 22.7 Å². The zero-order valence-electron chi connectivity index (χ0n) is 15.2. The highest BCUT2D eigenvalue weighted by Gasteiger charge is 2.21. The van der Waals surface area contributed by atoms with Crippen molar-refractivity contribution in [3.63, 3.8) is 0 Å². The fourth-order valence-corrected chi connectivity index (χ4v) is 3.00. The van der Waals surface area contributed by atoms with E-state index in [1.165, 1.54) is 5.56 Å². The number of aromatic nitrogens is 4. The van der Waals surface area contributed by atoms with Crippen LogP contribution in [0.2, 0.25) is 0 Å². The molecule has 0 aliphatic carbocycles. The molecule has 0 saturated carbocycles. The van der Waals surface area contributed by atoms with Gasteiger partial charge in [0.1, 0.15) is 5.69 Å². The number of carbonyl (C=O) groups excluding carboxylic acids is 1. The molecule has 1 aliphatic rings. The average molecular weight is 342 g/mol. The Labute approximate surface area is 148 Å². The second-order valence-corrected chi connectivity index (χ2v) is 6.89. The summed E-state index contributed by atoms with van der Waals surface area (Å²) in [7, 11) is 0. The van der Waals surface area contributed by atoms with Crippen molar-refractivity contribution in [3.05, 3.63) is 41.7 Å². The Bertz CT molecular complexity index is 709. The van der Waals surface area contributed by atoms with Crippen LogP contribution in [0, 0.1) is 6.92 Å². The van der Waals surface area contributed by atoms with Crippen LogP contribution in [0.5, 0.6) is 0 Å². The summed E-state index contributed by atoms with van der Waals surface area (Å²) < 4.78 is 1.99. The standard InChI is InChI=1S/C18H26N6O/c1-14(2)24-13-16(10-21-24)12-22-5-4-6-23(8-7-22)18(25)17-11-19-15(3)9-20-17/h9-11,13-14H,4-8,12H2,1-3H3. The molecule has 3 heterocycles. The highest BCUT2D eigenvalue weighted by atomic mass is 16.2. The van der Waals surface area contributed by atoms with Crippen molar-refractivity contribution < 1.29 is 4.79 Å². The van der Waals surface area contributed by atoms with Gasteiger partial charge >= 0.3 is 0 Å².